The van der Waals surface area contributed by atoms with Crippen LogP contribution in [-0.2, 0) is 40.3 Å². The molecule has 0 unspecified atom stereocenters. The molecule has 4 aromatic rings. The van der Waals surface area contributed by atoms with E-state index in [1.54, 1.807) is 35.0 Å². The van der Waals surface area contributed by atoms with Crippen LogP contribution < -0.4 is 16.0 Å². The number of nitrogens with zero attached hydrogens (tertiary/aromatic N) is 4. The van der Waals surface area contributed by atoms with Crippen molar-refractivity contribution in [1.29, 1.82) is 0 Å². The van der Waals surface area contributed by atoms with Gasteiger partial charge in [0.2, 0.25) is 5.91 Å². The fraction of sp³-hybridized carbons (Fsp3) is 0.475. The highest BCUT2D eigenvalue weighted by molar-refractivity contribution is 7.09. The third kappa shape index (κ3) is 15.2. The molecule has 1 aliphatic heterocycles. The van der Waals surface area contributed by atoms with Crippen molar-refractivity contribution >= 4 is 53.1 Å². The van der Waals surface area contributed by atoms with E-state index in [2.05, 4.69) is 44.7 Å². The quantitative estimate of drug-likeness (QED) is 0.0987. The first kappa shape index (κ1) is 43.6. The fourth-order valence-electron chi connectivity index (χ4n) is 6.25. The first-order valence-corrected chi connectivity index (χ1v) is 20.4. The van der Waals surface area contributed by atoms with Gasteiger partial charge in [0.1, 0.15) is 12.6 Å². The largest absolute Gasteiger partial charge is 0.444 e. The molecule has 1 fully saturated rings. The van der Waals surface area contributed by atoms with E-state index in [-0.39, 0.29) is 43.0 Å². The van der Waals surface area contributed by atoms with Crippen molar-refractivity contribution in [1.82, 2.24) is 35.7 Å². The predicted octanol–water partition coefficient (Wildman–Crippen LogP) is 6.42. The summed E-state index contributed by atoms with van der Waals surface area (Å²) >= 11 is 3.02. The highest BCUT2D eigenvalue weighted by atomic mass is 35.5. The standard InChI is InChI=1S/C40H53N7O5S2.ClH/c1-29(2)38-43-34(27-53-38)25-46(3)39(49)45-36(16-17-47-18-20-51-21-19-47)37(48)42-32(22-30-10-6-4-7-11-30)14-15-33(23-31-12-8-5-9-13-31)44-40(50)52-26-35-24-41-28-54-35;/h4-13,24,27-29,32-33,36H,14-23,25-26H2,1-3H3,(H,42,48)(H,44,50)(H,45,49);1H/t32-,33-,36+;/m1./s1. The maximum Gasteiger partial charge on any atom is 0.407 e. The molecule has 12 nitrogen and oxygen atoms in total. The molecule has 0 radical (unpaired) electrons. The lowest BCUT2D eigenvalue weighted by atomic mass is 9.95. The van der Waals surface area contributed by atoms with Gasteiger partial charge in [-0.2, -0.15) is 0 Å². The van der Waals surface area contributed by atoms with Crippen LogP contribution in [0.25, 0.3) is 0 Å². The van der Waals surface area contributed by atoms with Crippen molar-refractivity contribution < 1.29 is 23.9 Å². The molecule has 1 saturated heterocycles. The number of halogens is 1. The summed E-state index contributed by atoms with van der Waals surface area (Å²) in [7, 11) is 1.72. The zero-order chi connectivity index (χ0) is 38.1. The molecule has 3 atom stereocenters. The Morgan fingerprint density at radius 3 is 2.11 bits per heavy atom. The normalized spacial score (nSPS) is 14.6. The van der Waals surface area contributed by atoms with Crippen molar-refractivity contribution in [2.24, 2.45) is 0 Å². The molecule has 15 heteroatoms. The first-order chi connectivity index (χ1) is 26.2. The summed E-state index contributed by atoms with van der Waals surface area (Å²) in [5.41, 5.74) is 4.70. The third-order valence-electron chi connectivity index (χ3n) is 9.27. The van der Waals surface area contributed by atoms with Gasteiger partial charge in [0.25, 0.3) is 0 Å². The smallest absolute Gasteiger partial charge is 0.407 e. The Morgan fingerprint density at radius 2 is 1.53 bits per heavy atom. The van der Waals surface area contributed by atoms with Gasteiger partial charge < -0.3 is 30.3 Å². The van der Waals surface area contributed by atoms with Crippen LogP contribution in [-0.4, -0.2) is 95.8 Å². The number of hydrogen-bond acceptors (Lipinski definition) is 10. The number of carbonyl (C=O) groups excluding carboxylic acids is 3. The average Bonchev–Trinajstić information content (AvgIpc) is 3.89. The summed E-state index contributed by atoms with van der Waals surface area (Å²) in [6.45, 7) is 8.19. The molecule has 0 spiro atoms. The number of rotatable bonds is 19. The van der Waals surface area contributed by atoms with E-state index in [0.717, 1.165) is 39.8 Å². The topological polar surface area (TPSA) is 138 Å². The molecule has 0 saturated carbocycles. The number of aromatic nitrogens is 2. The number of carbonyl (C=O) groups is 3. The molecule has 4 amide bonds. The third-order valence-corrected chi connectivity index (χ3v) is 11.2. The van der Waals surface area contributed by atoms with E-state index in [1.807, 2.05) is 66.0 Å². The Kier molecular flexibility index (Phi) is 18.3. The number of urea groups is 1. The molecule has 2 aromatic carbocycles. The fourth-order valence-corrected chi connectivity index (χ4v) is 7.58. The maximum atomic E-state index is 14.2. The summed E-state index contributed by atoms with van der Waals surface area (Å²) in [5.74, 6) is 0.0746. The van der Waals surface area contributed by atoms with E-state index in [4.69, 9.17) is 9.47 Å². The Hall–Kier alpha value is -4.08. The van der Waals surface area contributed by atoms with Gasteiger partial charge in [-0.1, -0.05) is 74.5 Å². The Labute approximate surface area is 338 Å². The lowest BCUT2D eigenvalue weighted by molar-refractivity contribution is -0.124. The number of thiazole rings is 2. The van der Waals surface area contributed by atoms with Crippen molar-refractivity contribution in [3.05, 3.63) is 104 Å². The number of ether oxygens (including phenoxy) is 2. The van der Waals surface area contributed by atoms with E-state index >= 15 is 0 Å². The molecular weight excluding hydrogens is 758 g/mol. The Balaban J connectivity index is 0.00000673. The van der Waals surface area contributed by atoms with Crippen molar-refractivity contribution in [3.63, 3.8) is 0 Å². The molecule has 298 valence electrons. The minimum Gasteiger partial charge on any atom is -0.444 e. The zero-order valence-electron chi connectivity index (χ0n) is 31.9. The number of nitrogens with one attached hydrogen (secondary N) is 3. The molecule has 1 aliphatic rings. The second-order valence-corrected chi connectivity index (χ2v) is 15.8. The summed E-state index contributed by atoms with van der Waals surface area (Å²) in [5, 5.41) is 12.4. The molecular formula is C40H54ClN7O5S2. The van der Waals surface area contributed by atoms with Gasteiger partial charge in [-0.05, 0) is 43.2 Å². The Morgan fingerprint density at radius 1 is 0.891 bits per heavy atom. The van der Waals surface area contributed by atoms with Gasteiger partial charge in [0.15, 0.2) is 0 Å². The van der Waals surface area contributed by atoms with Crippen LogP contribution >= 0.6 is 35.1 Å². The second kappa shape index (κ2) is 23.1. The number of benzene rings is 2. The van der Waals surface area contributed by atoms with E-state index in [1.165, 1.54) is 11.3 Å². The minimum absolute atomic E-state index is 0. The first-order valence-electron chi connectivity index (χ1n) is 18.7. The van der Waals surface area contributed by atoms with Gasteiger partial charge in [0.05, 0.1) is 40.8 Å². The predicted molar refractivity (Wildman–Crippen MR) is 220 cm³/mol. The van der Waals surface area contributed by atoms with Gasteiger partial charge in [-0.15, -0.1) is 35.1 Å². The van der Waals surface area contributed by atoms with Crippen LogP contribution in [0.5, 0.6) is 0 Å². The van der Waals surface area contributed by atoms with Crippen LogP contribution in [0.2, 0.25) is 0 Å². The lowest BCUT2D eigenvalue weighted by Gasteiger charge is -2.30. The van der Waals surface area contributed by atoms with Crippen LogP contribution in [0.3, 0.4) is 0 Å². The zero-order valence-corrected chi connectivity index (χ0v) is 34.3. The lowest BCUT2D eigenvalue weighted by Crippen LogP contribution is -2.54. The summed E-state index contributed by atoms with van der Waals surface area (Å²) in [6, 6.07) is 18.4. The molecule has 3 N–H and O–H groups in total. The summed E-state index contributed by atoms with van der Waals surface area (Å²) in [4.78, 5) is 54.2. The molecule has 5 rings (SSSR count). The SMILES string of the molecule is CC(C)c1nc(CN(C)C(=O)N[C@@H](CCN2CCOCC2)C(=O)N[C@H](CC[C@H](Cc2ccccc2)NC(=O)OCc2cncs2)Cc2ccccc2)cs1.Cl. The van der Waals surface area contributed by atoms with E-state index in [9.17, 15) is 14.4 Å². The van der Waals surface area contributed by atoms with Crippen LogP contribution in [0.4, 0.5) is 9.59 Å². The molecule has 3 heterocycles. The second-order valence-electron chi connectivity index (χ2n) is 14.0. The van der Waals surface area contributed by atoms with Crippen LogP contribution in [0, 0.1) is 0 Å². The van der Waals surface area contributed by atoms with E-state index in [0.29, 0.717) is 64.3 Å². The number of morpholine rings is 1. The molecule has 0 aliphatic carbocycles. The summed E-state index contributed by atoms with van der Waals surface area (Å²) in [6.07, 6.45) is 4.00. The van der Waals surface area contributed by atoms with Crippen molar-refractivity contribution in [3.8, 4) is 0 Å². The number of amides is 4. The minimum atomic E-state index is -0.761. The molecule has 2 aromatic heterocycles. The van der Waals surface area contributed by atoms with Gasteiger partial charge in [-0.25, -0.2) is 14.6 Å². The van der Waals surface area contributed by atoms with Gasteiger partial charge in [0, 0.05) is 56.3 Å². The van der Waals surface area contributed by atoms with Gasteiger partial charge in [-0.3, -0.25) is 14.7 Å². The van der Waals surface area contributed by atoms with Crippen LogP contribution in [0.15, 0.2) is 77.8 Å². The monoisotopic (exact) mass is 811 g/mol. The molecule has 55 heavy (non-hydrogen) atoms. The van der Waals surface area contributed by atoms with Crippen molar-refractivity contribution in [2.75, 3.05) is 39.9 Å². The van der Waals surface area contributed by atoms with Crippen LogP contribution in [0.1, 0.15) is 65.7 Å². The maximum absolute atomic E-state index is 14.2. The average molecular weight is 813 g/mol. The molecule has 0 bridgehead atoms. The van der Waals surface area contributed by atoms with E-state index < -0.39 is 12.1 Å². The number of alkyl carbamates (subject to hydrolysis) is 1. The van der Waals surface area contributed by atoms with Crippen molar-refractivity contribution in [2.45, 2.75) is 83.1 Å². The Bertz CT molecular complexity index is 1710. The highest BCUT2D eigenvalue weighted by Crippen LogP contribution is 2.20. The highest BCUT2D eigenvalue weighted by Gasteiger charge is 2.27. The number of hydrogen-bond donors (Lipinski definition) is 3. The van der Waals surface area contributed by atoms with Gasteiger partial charge >= 0.3 is 12.1 Å². The summed E-state index contributed by atoms with van der Waals surface area (Å²) < 4.78 is 11.1.